The Kier molecular flexibility index (Phi) is 14.2. The number of phenols is 1. The summed E-state index contributed by atoms with van der Waals surface area (Å²) in [5.41, 5.74) is 5.58. The maximum absolute atomic E-state index is 13.0. The van der Waals surface area contributed by atoms with E-state index in [4.69, 9.17) is 14.5 Å². The standard InChI is InChI=1S/C42H59NO5.C3H6.C2H6.CH3NO/c1-25-15-21-42(23-27-12-11-26-9-8-10-30(44)36(26)43-27)22-16-29-28(35(25)42)13-14-32-40(29,6)19-17-31-39(4,5)33(18-20-41(31,32)7)48-34(45)24-38(2,3)37(46)47;1-3-2;1-2;2-1-3/h8-12,25,28-29,31-33,35,44H,13-24H2,1-7H3,(H,46,47);3H,1H2,2H3;1-2H3;1H,(H2,2,3). The highest BCUT2D eigenvalue weighted by Crippen LogP contribution is 2.73. The Balaban J connectivity index is 0.000000808. The number of primary amides is 1. The van der Waals surface area contributed by atoms with Crippen LogP contribution >= 0.6 is 0 Å². The molecule has 0 saturated heterocycles. The van der Waals surface area contributed by atoms with E-state index in [-0.39, 0.29) is 41.5 Å². The molecule has 8 heteroatoms. The Morgan fingerprint density at radius 3 is 2.21 bits per heavy atom. The van der Waals surface area contributed by atoms with Crippen molar-refractivity contribution in [2.24, 2.45) is 68.3 Å². The number of para-hydroxylation sites is 1. The zero-order valence-electron chi connectivity index (χ0n) is 36.3. The lowest BCUT2D eigenvalue weighted by molar-refractivity contribution is -0.223. The van der Waals surface area contributed by atoms with Crippen LogP contribution in [0.1, 0.15) is 146 Å². The Bertz CT molecular complexity index is 1700. The molecule has 0 radical (unpaired) electrons. The number of aromatic nitrogens is 1. The third-order valence-corrected chi connectivity index (χ3v) is 15.7. The van der Waals surface area contributed by atoms with E-state index in [1.807, 2.05) is 32.9 Å². The number of rotatable bonds is 6. The van der Waals surface area contributed by atoms with Gasteiger partial charge in [-0.2, -0.15) is 0 Å². The number of benzene rings is 1. The van der Waals surface area contributed by atoms with E-state index in [2.05, 4.69) is 59.1 Å². The second kappa shape index (κ2) is 17.6. The molecule has 1 aromatic carbocycles. The molecule has 10 atom stereocenters. The summed E-state index contributed by atoms with van der Waals surface area (Å²) in [4.78, 5) is 38.3. The predicted octanol–water partition coefficient (Wildman–Crippen LogP) is 10.9. The van der Waals surface area contributed by atoms with Crippen molar-refractivity contribution in [3.63, 3.8) is 0 Å². The summed E-state index contributed by atoms with van der Waals surface area (Å²) in [6.07, 6.45) is 14.9. The number of nitrogens with zero attached hydrogens (tertiary/aromatic N) is 1. The minimum absolute atomic E-state index is 0.0961. The molecule has 1 heterocycles. The van der Waals surface area contributed by atoms with Crippen LogP contribution in [-0.4, -0.2) is 39.6 Å². The number of amides is 1. The number of esters is 1. The molecule has 8 nitrogen and oxygen atoms in total. The Morgan fingerprint density at radius 1 is 0.946 bits per heavy atom. The van der Waals surface area contributed by atoms with Crippen molar-refractivity contribution in [3.8, 4) is 5.75 Å². The number of pyridine rings is 1. The first kappa shape index (κ1) is 45.3. The average Bonchev–Trinajstić information content (AvgIpc) is 3.47. The average molecular weight is 775 g/mol. The normalized spacial score (nSPS) is 35.1. The first-order chi connectivity index (χ1) is 26.3. The highest BCUT2D eigenvalue weighted by atomic mass is 16.5. The van der Waals surface area contributed by atoms with Gasteiger partial charge in [0.1, 0.15) is 17.4 Å². The predicted molar refractivity (Wildman–Crippen MR) is 226 cm³/mol. The van der Waals surface area contributed by atoms with Crippen LogP contribution in [0.5, 0.6) is 5.75 Å². The van der Waals surface area contributed by atoms with Crippen LogP contribution in [0.3, 0.4) is 0 Å². The van der Waals surface area contributed by atoms with Crippen LogP contribution in [0.4, 0.5) is 0 Å². The molecule has 2 aromatic rings. The van der Waals surface area contributed by atoms with Gasteiger partial charge in [-0.3, -0.25) is 14.4 Å². The van der Waals surface area contributed by atoms with Crippen LogP contribution < -0.4 is 5.73 Å². The lowest BCUT2D eigenvalue weighted by Gasteiger charge is -2.69. The Hall–Kier alpha value is -3.42. The van der Waals surface area contributed by atoms with Crippen molar-refractivity contribution in [1.29, 1.82) is 0 Å². The number of aromatic hydroxyl groups is 1. The highest BCUT2D eigenvalue weighted by molar-refractivity contribution is 5.84. The molecule has 0 spiro atoms. The van der Waals surface area contributed by atoms with E-state index < -0.39 is 11.4 Å². The second-order valence-electron chi connectivity index (χ2n) is 19.5. The Labute approximate surface area is 337 Å². The van der Waals surface area contributed by atoms with Gasteiger partial charge in [-0.15, -0.1) is 6.58 Å². The molecule has 4 N–H and O–H groups in total. The van der Waals surface area contributed by atoms with Gasteiger partial charge in [-0.1, -0.05) is 72.7 Å². The molecule has 56 heavy (non-hydrogen) atoms. The number of phenolic OH excluding ortho intramolecular Hbond substituents is 1. The number of carbonyl (C=O) groups excluding carboxylic acids is 2. The first-order valence-corrected chi connectivity index (χ1v) is 21.6. The number of allylic oxidation sites excluding steroid dienone is 1. The van der Waals surface area contributed by atoms with Gasteiger partial charge in [0.05, 0.1) is 11.8 Å². The zero-order valence-corrected chi connectivity index (χ0v) is 36.3. The van der Waals surface area contributed by atoms with Crippen LogP contribution in [0.15, 0.2) is 43.0 Å². The minimum atomic E-state index is -1.13. The van der Waals surface area contributed by atoms with E-state index in [0.717, 1.165) is 59.5 Å². The number of ether oxygens (including phenoxy) is 1. The van der Waals surface area contributed by atoms with Crippen molar-refractivity contribution >= 4 is 29.3 Å². The minimum Gasteiger partial charge on any atom is -0.506 e. The van der Waals surface area contributed by atoms with Crippen LogP contribution in [-0.2, 0) is 25.5 Å². The number of carboxylic acids is 1. The zero-order chi connectivity index (χ0) is 41.9. The third kappa shape index (κ3) is 8.27. The van der Waals surface area contributed by atoms with Crippen molar-refractivity contribution in [2.45, 2.75) is 152 Å². The van der Waals surface area contributed by atoms with Gasteiger partial charge in [-0.05, 0) is 155 Å². The SMILES string of the molecule is C=CC.CC.CC1CCC2(Cc3ccc4cccc(O)c4n3)CCC3C(CCC4C3(C)CCC3C(C)(C)C(OC(=O)CC(C)(C)C(=O)O)CCC34C)C12.NC=O. The summed E-state index contributed by atoms with van der Waals surface area (Å²) >= 11 is 0. The topological polar surface area (TPSA) is 140 Å². The number of fused-ring (bicyclic) bond motifs is 8. The van der Waals surface area contributed by atoms with Crippen molar-refractivity contribution in [3.05, 3.63) is 48.7 Å². The van der Waals surface area contributed by atoms with Gasteiger partial charge in [0.15, 0.2) is 0 Å². The number of carbonyl (C=O) groups is 3. The van der Waals surface area contributed by atoms with Gasteiger partial charge < -0.3 is 20.7 Å². The van der Waals surface area contributed by atoms with E-state index in [0.29, 0.717) is 22.7 Å². The highest BCUT2D eigenvalue weighted by Gasteiger charge is 2.67. The van der Waals surface area contributed by atoms with E-state index in [9.17, 15) is 19.8 Å². The molecule has 1 aromatic heterocycles. The summed E-state index contributed by atoms with van der Waals surface area (Å²) in [7, 11) is 0. The quantitative estimate of drug-likeness (QED) is 0.151. The number of nitrogens with two attached hydrogens (primary N) is 1. The molecule has 5 fully saturated rings. The fourth-order valence-corrected chi connectivity index (χ4v) is 13.5. The van der Waals surface area contributed by atoms with Gasteiger partial charge in [-0.25, -0.2) is 4.98 Å². The van der Waals surface area contributed by atoms with Crippen LogP contribution in [0.25, 0.3) is 10.9 Å². The van der Waals surface area contributed by atoms with Crippen molar-refractivity contribution in [1.82, 2.24) is 4.98 Å². The summed E-state index contributed by atoms with van der Waals surface area (Å²) in [6.45, 7) is 24.9. The largest absolute Gasteiger partial charge is 0.506 e. The van der Waals surface area contributed by atoms with Gasteiger partial charge in [0, 0.05) is 16.5 Å². The monoisotopic (exact) mass is 775 g/mol. The molecule has 10 unspecified atom stereocenters. The smallest absolute Gasteiger partial charge is 0.309 e. The summed E-state index contributed by atoms with van der Waals surface area (Å²) in [5, 5.41) is 21.1. The van der Waals surface area contributed by atoms with Crippen LogP contribution in [0, 0.1) is 62.6 Å². The molecule has 1 amide bonds. The molecular formula is C48H74N2O6. The maximum atomic E-state index is 13.0. The van der Waals surface area contributed by atoms with E-state index >= 15 is 0 Å². The second-order valence-corrected chi connectivity index (χ2v) is 19.5. The molecule has 0 aliphatic heterocycles. The third-order valence-electron chi connectivity index (χ3n) is 15.7. The molecule has 312 valence electrons. The number of aliphatic carboxylic acids is 1. The molecule has 5 aliphatic rings. The van der Waals surface area contributed by atoms with E-state index in [1.165, 1.54) is 51.4 Å². The fourth-order valence-electron chi connectivity index (χ4n) is 13.5. The Morgan fingerprint density at radius 2 is 1.57 bits per heavy atom. The fraction of sp³-hybridized carbons (Fsp3) is 0.708. The van der Waals surface area contributed by atoms with Crippen molar-refractivity contribution in [2.75, 3.05) is 0 Å². The number of carboxylic acid groups (broad SMARTS) is 1. The van der Waals surface area contributed by atoms with Gasteiger partial charge in [0.25, 0.3) is 0 Å². The summed E-state index contributed by atoms with van der Waals surface area (Å²) < 4.78 is 6.16. The molecule has 0 bridgehead atoms. The molecular weight excluding hydrogens is 701 g/mol. The van der Waals surface area contributed by atoms with Crippen LogP contribution in [0.2, 0.25) is 0 Å². The van der Waals surface area contributed by atoms with Gasteiger partial charge >= 0.3 is 11.9 Å². The number of hydrogen-bond donors (Lipinski definition) is 3. The lowest BCUT2D eigenvalue weighted by atomic mass is 9.36. The maximum Gasteiger partial charge on any atom is 0.309 e. The van der Waals surface area contributed by atoms with Crippen molar-refractivity contribution < 1.29 is 29.3 Å². The van der Waals surface area contributed by atoms with Gasteiger partial charge in [0.2, 0.25) is 6.41 Å². The number of hydrogen-bond acceptors (Lipinski definition) is 6. The van der Waals surface area contributed by atoms with E-state index in [1.54, 1.807) is 26.0 Å². The summed E-state index contributed by atoms with van der Waals surface area (Å²) in [5.74, 6) is 3.04. The molecule has 5 aliphatic carbocycles. The first-order valence-electron chi connectivity index (χ1n) is 21.6. The lowest BCUT2D eigenvalue weighted by Crippen LogP contribution is -2.63. The molecule has 7 rings (SSSR count). The molecule has 5 saturated carbocycles. The summed E-state index contributed by atoms with van der Waals surface area (Å²) in [6, 6.07) is 10.0.